The van der Waals surface area contributed by atoms with Crippen molar-refractivity contribution >= 4 is 17.6 Å². The standard InChI is InChI=1S/C9H10ClNO3/c10-4-1-5-14-7-2-3-8(9(12)13)11-6-7/h2-3,6H,1,4-5H2,(H,12,13). The van der Waals surface area contributed by atoms with Crippen LogP contribution in [-0.2, 0) is 0 Å². The number of hydrogen-bond donors (Lipinski definition) is 1. The van der Waals surface area contributed by atoms with Crippen LogP contribution in [0.2, 0.25) is 0 Å². The Balaban J connectivity index is 2.51. The Bertz CT molecular complexity index is 299. The average molecular weight is 216 g/mol. The van der Waals surface area contributed by atoms with E-state index in [1.807, 2.05) is 0 Å². The fourth-order valence-electron chi connectivity index (χ4n) is 0.837. The molecule has 0 fully saturated rings. The van der Waals surface area contributed by atoms with E-state index in [-0.39, 0.29) is 5.69 Å². The minimum atomic E-state index is -1.04. The molecule has 1 heterocycles. The summed E-state index contributed by atoms with van der Waals surface area (Å²) in [6, 6.07) is 2.98. The lowest BCUT2D eigenvalue weighted by Crippen LogP contribution is -2.02. The lowest BCUT2D eigenvalue weighted by Gasteiger charge is -2.03. The quantitative estimate of drug-likeness (QED) is 0.601. The zero-order chi connectivity index (χ0) is 10.4. The number of alkyl halides is 1. The van der Waals surface area contributed by atoms with Gasteiger partial charge in [-0.05, 0) is 18.6 Å². The molecule has 4 nitrogen and oxygen atoms in total. The first kappa shape index (κ1) is 10.8. The van der Waals surface area contributed by atoms with E-state index in [1.165, 1.54) is 12.3 Å². The highest BCUT2D eigenvalue weighted by Gasteiger charge is 2.03. The predicted octanol–water partition coefficient (Wildman–Crippen LogP) is 1.79. The van der Waals surface area contributed by atoms with Crippen LogP contribution < -0.4 is 4.74 Å². The van der Waals surface area contributed by atoms with E-state index in [2.05, 4.69) is 4.98 Å². The van der Waals surface area contributed by atoms with Crippen molar-refractivity contribution in [3.8, 4) is 5.75 Å². The van der Waals surface area contributed by atoms with Gasteiger partial charge in [0, 0.05) is 5.88 Å². The number of halogens is 1. The molecule has 76 valence electrons. The lowest BCUT2D eigenvalue weighted by molar-refractivity contribution is 0.0690. The maximum absolute atomic E-state index is 10.5. The molecule has 1 aromatic heterocycles. The zero-order valence-electron chi connectivity index (χ0n) is 7.44. The summed E-state index contributed by atoms with van der Waals surface area (Å²) in [5.41, 5.74) is 0.00898. The van der Waals surface area contributed by atoms with Crippen LogP contribution in [0.4, 0.5) is 0 Å². The number of carboxylic acid groups (broad SMARTS) is 1. The third-order valence-corrected chi connectivity index (χ3v) is 1.77. The number of pyridine rings is 1. The van der Waals surface area contributed by atoms with E-state index in [9.17, 15) is 4.79 Å². The molecule has 0 saturated heterocycles. The normalized spacial score (nSPS) is 9.79. The summed E-state index contributed by atoms with van der Waals surface area (Å²) in [6.07, 6.45) is 2.14. The van der Waals surface area contributed by atoms with Gasteiger partial charge < -0.3 is 9.84 Å². The molecule has 1 N–H and O–H groups in total. The Labute approximate surface area is 86.5 Å². The van der Waals surface area contributed by atoms with Crippen molar-refractivity contribution in [1.29, 1.82) is 0 Å². The van der Waals surface area contributed by atoms with Crippen LogP contribution in [0.5, 0.6) is 5.75 Å². The molecule has 5 heteroatoms. The summed E-state index contributed by atoms with van der Waals surface area (Å²) in [5, 5.41) is 8.57. The number of hydrogen-bond acceptors (Lipinski definition) is 3. The average Bonchev–Trinajstić information content (AvgIpc) is 2.19. The van der Waals surface area contributed by atoms with Crippen molar-refractivity contribution in [2.24, 2.45) is 0 Å². The minimum Gasteiger partial charge on any atom is -0.492 e. The summed E-state index contributed by atoms with van der Waals surface area (Å²) in [7, 11) is 0. The number of ether oxygens (including phenoxy) is 1. The molecule has 0 unspecified atom stereocenters. The number of aromatic nitrogens is 1. The van der Waals surface area contributed by atoms with E-state index < -0.39 is 5.97 Å². The van der Waals surface area contributed by atoms with Crippen LogP contribution in [0.25, 0.3) is 0 Å². The summed E-state index contributed by atoms with van der Waals surface area (Å²) in [5.74, 6) is 0.0538. The highest BCUT2D eigenvalue weighted by atomic mass is 35.5. The molecular formula is C9H10ClNO3. The summed E-state index contributed by atoms with van der Waals surface area (Å²) < 4.78 is 5.24. The summed E-state index contributed by atoms with van der Waals surface area (Å²) in [4.78, 5) is 14.2. The Morgan fingerprint density at radius 2 is 2.36 bits per heavy atom. The van der Waals surface area contributed by atoms with Crippen LogP contribution >= 0.6 is 11.6 Å². The molecule has 0 bridgehead atoms. The first-order valence-electron chi connectivity index (χ1n) is 4.12. The second-order valence-electron chi connectivity index (χ2n) is 2.58. The predicted molar refractivity (Wildman–Crippen MR) is 52.0 cm³/mol. The van der Waals surface area contributed by atoms with Crippen molar-refractivity contribution in [2.75, 3.05) is 12.5 Å². The molecule has 0 amide bonds. The number of carboxylic acids is 1. The molecule has 0 aliphatic heterocycles. The lowest BCUT2D eigenvalue weighted by atomic mass is 10.3. The molecule has 0 aliphatic rings. The smallest absolute Gasteiger partial charge is 0.354 e. The first-order valence-corrected chi connectivity index (χ1v) is 4.65. The van der Waals surface area contributed by atoms with E-state index in [1.54, 1.807) is 6.07 Å². The number of carbonyl (C=O) groups is 1. The third kappa shape index (κ3) is 3.22. The molecule has 0 atom stereocenters. The van der Waals surface area contributed by atoms with Crippen LogP contribution in [-0.4, -0.2) is 28.5 Å². The molecule has 0 radical (unpaired) electrons. The van der Waals surface area contributed by atoms with Crippen molar-refractivity contribution in [1.82, 2.24) is 4.98 Å². The van der Waals surface area contributed by atoms with Crippen molar-refractivity contribution < 1.29 is 14.6 Å². The minimum absolute atomic E-state index is 0.00898. The van der Waals surface area contributed by atoms with E-state index in [0.29, 0.717) is 18.2 Å². The second-order valence-corrected chi connectivity index (χ2v) is 2.95. The molecule has 0 aliphatic carbocycles. The number of aromatic carboxylic acids is 1. The maximum atomic E-state index is 10.5. The van der Waals surface area contributed by atoms with Gasteiger partial charge >= 0.3 is 5.97 Å². The van der Waals surface area contributed by atoms with Gasteiger partial charge in [-0.2, -0.15) is 0 Å². The molecule has 0 aromatic carbocycles. The van der Waals surface area contributed by atoms with Gasteiger partial charge in [-0.25, -0.2) is 9.78 Å². The van der Waals surface area contributed by atoms with E-state index in [4.69, 9.17) is 21.4 Å². The SMILES string of the molecule is O=C(O)c1ccc(OCCCCl)cn1. The van der Waals surface area contributed by atoms with Gasteiger partial charge in [-0.1, -0.05) is 0 Å². The third-order valence-electron chi connectivity index (χ3n) is 1.50. The van der Waals surface area contributed by atoms with Gasteiger partial charge in [0.05, 0.1) is 12.8 Å². The van der Waals surface area contributed by atoms with Gasteiger partial charge in [0.2, 0.25) is 0 Å². The van der Waals surface area contributed by atoms with Gasteiger partial charge in [-0.3, -0.25) is 0 Å². The fraction of sp³-hybridized carbons (Fsp3) is 0.333. The molecule has 0 saturated carbocycles. The van der Waals surface area contributed by atoms with Gasteiger partial charge in [-0.15, -0.1) is 11.6 Å². The number of nitrogens with zero attached hydrogens (tertiary/aromatic N) is 1. The Morgan fingerprint density at radius 3 is 2.86 bits per heavy atom. The van der Waals surface area contributed by atoms with E-state index in [0.717, 1.165) is 6.42 Å². The number of rotatable bonds is 5. The molecule has 14 heavy (non-hydrogen) atoms. The van der Waals surface area contributed by atoms with Crippen LogP contribution in [0.3, 0.4) is 0 Å². The Kier molecular flexibility index (Phi) is 4.19. The molecule has 1 rings (SSSR count). The van der Waals surface area contributed by atoms with Crippen LogP contribution in [0, 0.1) is 0 Å². The Hall–Kier alpha value is -1.29. The first-order chi connectivity index (χ1) is 6.74. The van der Waals surface area contributed by atoms with Crippen LogP contribution in [0.1, 0.15) is 16.9 Å². The molecule has 1 aromatic rings. The molecular weight excluding hydrogens is 206 g/mol. The summed E-state index contributed by atoms with van der Waals surface area (Å²) >= 11 is 5.46. The monoisotopic (exact) mass is 215 g/mol. The fourth-order valence-corrected chi connectivity index (χ4v) is 0.946. The van der Waals surface area contributed by atoms with Gasteiger partial charge in [0.1, 0.15) is 11.4 Å². The van der Waals surface area contributed by atoms with Gasteiger partial charge in [0.15, 0.2) is 0 Å². The van der Waals surface area contributed by atoms with Crippen molar-refractivity contribution in [2.45, 2.75) is 6.42 Å². The highest BCUT2D eigenvalue weighted by molar-refractivity contribution is 6.17. The van der Waals surface area contributed by atoms with Gasteiger partial charge in [0.25, 0.3) is 0 Å². The van der Waals surface area contributed by atoms with Crippen LogP contribution in [0.15, 0.2) is 18.3 Å². The maximum Gasteiger partial charge on any atom is 0.354 e. The second kappa shape index (κ2) is 5.44. The largest absolute Gasteiger partial charge is 0.492 e. The zero-order valence-corrected chi connectivity index (χ0v) is 8.20. The van der Waals surface area contributed by atoms with Crippen molar-refractivity contribution in [3.63, 3.8) is 0 Å². The molecule has 0 spiro atoms. The summed E-state index contributed by atoms with van der Waals surface area (Å²) in [6.45, 7) is 0.512. The Morgan fingerprint density at radius 1 is 1.57 bits per heavy atom. The highest BCUT2D eigenvalue weighted by Crippen LogP contribution is 2.09. The topological polar surface area (TPSA) is 59.4 Å². The van der Waals surface area contributed by atoms with Crippen molar-refractivity contribution in [3.05, 3.63) is 24.0 Å². The van der Waals surface area contributed by atoms with E-state index >= 15 is 0 Å².